The molecule has 0 radical (unpaired) electrons. The number of Topliss-reactive ketones (excluding diaryl/α,β-unsaturated/α-hetero) is 1. The molecule has 0 unspecified atom stereocenters. The first-order valence-electron chi connectivity index (χ1n) is 7.08. The molecule has 23 heavy (non-hydrogen) atoms. The zero-order valence-corrected chi connectivity index (χ0v) is 13.3. The van der Waals surface area contributed by atoms with Gasteiger partial charge in [0.25, 0.3) is 0 Å². The number of hydrogen-bond donors (Lipinski definition) is 0. The Morgan fingerprint density at radius 2 is 1.96 bits per heavy atom. The number of carbonyl (C=O) groups is 1. The van der Waals surface area contributed by atoms with Crippen LogP contribution in [0.25, 0.3) is 11.1 Å². The Bertz CT molecular complexity index is 899. The highest BCUT2D eigenvalue weighted by Gasteiger charge is 2.17. The number of methoxy groups -OCH3 is 1. The van der Waals surface area contributed by atoms with Gasteiger partial charge in [-0.05, 0) is 39.0 Å². The van der Waals surface area contributed by atoms with Crippen LogP contribution in [0.15, 0.2) is 28.9 Å². The first-order valence-corrected chi connectivity index (χ1v) is 7.08. The van der Waals surface area contributed by atoms with Crippen LogP contribution in [0.3, 0.4) is 0 Å². The monoisotopic (exact) mass is 312 g/mol. The van der Waals surface area contributed by atoms with Gasteiger partial charge >= 0.3 is 0 Å². The van der Waals surface area contributed by atoms with Gasteiger partial charge in [-0.25, -0.2) is 9.97 Å². The number of aryl methyl sites for hydroxylation is 2. The molecule has 3 aromatic rings. The highest BCUT2D eigenvalue weighted by molar-refractivity contribution is 5.94. The van der Waals surface area contributed by atoms with Gasteiger partial charge in [0.15, 0.2) is 17.3 Å². The van der Waals surface area contributed by atoms with Crippen LogP contribution in [-0.4, -0.2) is 22.9 Å². The molecule has 0 saturated heterocycles. The number of ketones is 1. The first-order chi connectivity index (χ1) is 11.0. The molecule has 0 aliphatic rings. The van der Waals surface area contributed by atoms with Crippen LogP contribution in [0.4, 0.5) is 0 Å². The summed E-state index contributed by atoms with van der Waals surface area (Å²) in [4.78, 5) is 19.8. The van der Waals surface area contributed by atoms with E-state index in [1.54, 1.807) is 18.2 Å². The number of furan rings is 1. The molecular formula is C17H16N2O4. The Morgan fingerprint density at radius 1 is 1.17 bits per heavy atom. The van der Waals surface area contributed by atoms with Gasteiger partial charge in [0.05, 0.1) is 7.11 Å². The first kappa shape index (κ1) is 15.0. The molecule has 0 spiro atoms. The molecular weight excluding hydrogens is 296 g/mol. The van der Waals surface area contributed by atoms with Gasteiger partial charge < -0.3 is 13.9 Å². The van der Waals surface area contributed by atoms with Gasteiger partial charge in [0.2, 0.25) is 11.6 Å². The topological polar surface area (TPSA) is 74.5 Å². The number of benzene rings is 1. The Kier molecular flexibility index (Phi) is 3.73. The van der Waals surface area contributed by atoms with Crippen molar-refractivity contribution in [1.29, 1.82) is 0 Å². The van der Waals surface area contributed by atoms with Crippen molar-refractivity contribution in [1.82, 2.24) is 9.97 Å². The summed E-state index contributed by atoms with van der Waals surface area (Å²) in [6.45, 7) is 5.29. The quantitative estimate of drug-likeness (QED) is 0.681. The molecule has 0 atom stereocenters. The molecule has 0 N–H and O–H groups in total. The molecule has 0 bridgehead atoms. The summed E-state index contributed by atoms with van der Waals surface area (Å²) in [5.74, 6) is 2.04. The van der Waals surface area contributed by atoms with E-state index in [2.05, 4.69) is 9.97 Å². The third-order valence-electron chi connectivity index (χ3n) is 3.71. The summed E-state index contributed by atoms with van der Waals surface area (Å²) in [5, 5.41) is 0.725. The number of ether oxygens (including phenoxy) is 2. The largest absolute Gasteiger partial charge is 0.493 e. The molecule has 3 rings (SSSR count). The molecule has 2 aromatic heterocycles. The maximum absolute atomic E-state index is 11.5. The second-order valence-corrected chi connectivity index (χ2v) is 5.17. The molecule has 6 heteroatoms. The maximum Gasteiger partial charge on any atom is 0.234 e. The molecule has 2 heterocycles. The molecule has 0 amide bonds. The van der Waals surface area contributed by atoms with Crippen molar-refractivity contribution >= 4 is 16.9 Å². The van der Waals surface area contributed by atoms with E-state index in [1.165, 1.54) is 20.4 Å². The lowest BCUT2D eigenvalue weighted by molar-refractivity contribution is 0.101. The van der Waals surface area contributed by atoms with Gasteiger partial charge in [0, 0.05) is 11.1 Å². The number of aromatic nitrogens is 2. The molecule has 118 valence electrons. The van der Waals surface area contributed by atoms with E-state index < -0.39 is 0 Å². The van der Waals surface area contributed by atoms with E-state index in [1.807, 2.05) is 13.8 Å². The minimum absolute atomic E-state index is 0.0411. The van der Waals surface area contributed by atoms with E-state index in [9.17, 15) is 4.79 Å². The zero-order chi connectivity index (χ0) is 16.6. The van der Waals surface area contributed by atoms with Crippen LogP contribution in [0.1, 0.15) is 28.6 Å². The second kappa shape index (κ2) is 5.72. The minimum atomic E-state index is -0.0411. The van der Waals surface area contributed by atoms with Gasteiger partial charge in [-0.3, -0.25) is 4.79 Å². The second-order valence-electron chi connectivity index (χ2n) is 5.17. The van der Waals surface area contributed by atoms with Crippen molar-refractivity contribution in [3.05, 3.63) is 41.4 Å². The summed E-state index contributed by atoms with van der Waals surface area (Å²) in [5.41, 5.74) is 1.96. The van der Waals surface area contributed by atoms with Crippen molar-refractivity contribution in [3.63, 3.8) is 0 Å². The van der Waals surface area contributed by atoms with E-state index in [0.717, 1.165) is 16.7 Å². The Morgan fingerprint density at radius 3 is 2.65 bits per heavy atom. The van der Waals surface area contributed by atoms with Crippen LogP contribution in [0.2, 0.25) is 0 Å². The number of carbonyl (C=O) groups excluding carboxylic acids is 1. The summed E-state index contributed by atoms with van der Waals surface area (Å²) >= 11 is 0. The van der Waals surface area contributed by atoms with Gasteiger partial charge in [-0.15, -0.1) is 0 Å². The van der Waals surface area contributed by atoms with Crippen molar-refractivity contribution in [3.8, 4) is 17.4 Å². The predicted molar refractivity (Wildman–Crippen MR) is 84.4 cm³/mol. The van der Waals surface area contributed by atoms with Crippen molar-refractivity contribution in [2.75, 3.05) is 7.11 Å². The smallest absolute Gasteiger partial charge is 0.234 e. The maximum atomic E-state index is 11.5. The average molecular weight is 312 g/mol. The normalized spacial score (nSPS) is 10.8. The Hall–Kier alpha value is -2.89. The summed E-state index contributed by atoms with van der Waals surface area (Å²) in [6, 6.07) is 5.02. The van der Waals surface area contributed by atoms with Crippen LogP contribution in [0, 0.1) is 13.8 Å². The van der Waals surface area contributed by atoms with Crippen molar-refractivity contribution < 1.29 is 18.7 Å². The fraction of sp³-hybridized carbons (Fsp3) is 0.235. The minimum Gasteiger partial charge on any atom is -0.493 e. The van der Waals surface area contributed by atoms with Crippen LogP contribution < -0.4 is 9.47 Å². The van der Waals surface area contributed by atoms with Gasteiger partial charge in [-0.2, -0.15) is 0 Å². The summed E-state index contributed by atoms with van der Waals surface area (Å²) < 4.78 is 16.8. The van der Waals surface area contributed by atoms with Gasteiger partial charge in [-0.1, -0.05) is 0 Å². The lowest BCUT2D eigenvalue weighted by Gasteiger charge is -2.11. The Labute approximate surface area is 133 Å². The Balaban J connectivity index is 2.07. The van der Waals surface area contributed by atoms with Crippen LogP contribution in [0.5, 0.6) is 17.4 Å². The van der Waals surface area contributed by atoms with Crippen molar-refractivity contribution in [2.24, 2.45) is 0 Å². The van der Waals surface area contributed by atoms with E-state index in [4.69, 9.17) is 13.9 Å². The third kappa shape index (κ3) is 2.63. The van der Waals surface area contributed by atoms with Crippen molar-refractivity contribution in [2.45, 2.75) is 20.8 Å². The van der Waals surface area contributed by atoms with E-state index in [0.29, 0.717) is 28.7 Å². The standard InChI is InChI=1S/C17H16N2O4/c1-9-11(3)22-16-15(9)17(19-8-18-16)23-13-6-5-12(10(2)20)7-14(13)21-4/h5-8H,1-4H3. The molecule has 0 saturated carbocycles. The predicted octanol–water partition coefficient (Wildman–Crippen LogP) is 3.84. The number of nitrogens with zero attached hydrogens (tertiary/aromatic N) is 2. The zero-order valence-electron chi connectivity index (χ0n) is 13.3. The number of fused-ring (bicyclic) bond motifs is 1. The van der Waals surface area contributed by atoms with Crippen LogP contribution in [-0.2, 0) is 0 Å². The third-order valence-corrected chi connectivity index (χ3v) is 3.71. The summed E-state index contributed by atoms with van der Waals surface area (Å²) in [7, 11) is 1.52. The number of hydrogen-bond acceptors (Lipinski definition) is 6. The van der Waals surface area contributed by atoms with Gasteiger partial charge in [0.1, 0.15) is 17.5 Å². The fourth-order valence-electron chi connectivity index (χ4n) is 2.30. The lowest BCUT2D eigenvalue weighted by Crippen LogP contribution is -1.97. The van der Waals surface area contributed by atoms with E-state index >= 15 is 0 Å². The highest BCUT2D eigenvalue weighted by Crippen LogP contribution is 2.36. The van der Waals surface area contributed by atoms with E-state index in [-0.39, 0.29) is 5.78 Å². The molecule has 0 fully saturated rings. The van der Waals surface area contributed by atoms with Crippen LogP contribution >= 0.6 is 0 Å². The highest BCUT2D eigenvalue weighted by atomic mass is 16.5. The fourth-order valence-corrected chi connectivity index (χ4v) is 2.30. The SMILES string of the molecule is COc1cc(C(C)=O)ccc1Oc1ncnc2oc(C)c(C)c12. The molecule has 1 aromatic carbocycles. The summed E-state index contributed by atoms with van der Waals surface area (Å²) in [6.07, 6.45) is 1.39. The number of rotatable bonds is 4. The molecule has 0 aliphatic heterocycles. The molecule has 6 nitrogen and oxygen atoms in total. The lowest BCUT2D eigenvalue weighted by atomic mass is 10.1. The molecule has 0 aliphatic carbocycles. The average Bonchev–Trinajstić information content (AvgIpc) is 2.83.